The number of urea groups is 1. The van der Waals surface area contributed by atoms with Crippen molar-refractivity contribution in [3.63, 3.8) is 0 Å². The third-order valence-corrected chi connectivity index (χ3v) is 4.14. The van der Waals surface area contributed by atoms with E-state index in [1.54, 1.807) is 17.0 Å². The Bertz CT molecular complexity index is 669. The summed E-state index contributed by atoms with van der Waals surface area (Å²) in [6.45, 7) is 3.09. The number of aryl methyl sites for hydroxylation is 1. The quantitative estimate of drug-likeness (QED) is 0.940. The van der Waals surface area contributed by atoms with E-state index >= 15 is 0 Å². The molecule has 2 amide bonds. The molecular weight excluding hydrogens is 297 g/mol. The van der Waals surface area contributed by atoms with Crippen LogP contribution in [0.2, 0.25) is 0 Å². The lowest BCUT2D eigenvalue weighted by Gasteiger charge is -2.23. The number of amides is 2. The van der Waals surface area contributed by atoms with Crippen LogP contribution in [0.4, 0.5) is 9.18 Å². The van der Waals surface area contributed by atoms with Gasteiger partial charge in [-0.05, 0) is 37.0 Å². The van der Waals surface area contributed by atoms with Crippen LogP contribution in [-0.2, 0) is 13.0 Å². The number of hydrogen-bond donors (Lipinski definition) is 1. The molecule has 3 rings (SSSR count). The molecule has 122 valence electrons. The Morgan fingerprint density at radius 3 is 2.91 bits per heavy atom. The van der Waals surface area contributed by atoms with Gasteiger partial charge >= 0.3 is 6.03 Å². The molecule has 0 aliphatic carbocycles. The highest BCUT2D eigenvalue weighted by Gasteiger charge is 2.32. The van der Waals surface area contributed by atoms with E-state index in [0.717, 1.165) is 36.3 Å². The molecule has 1 saturated heterocycles. The first-order valence-corrected chi connectivity index (χ1v) is 7.91. The highest BCUT2D eigenvalue weighted by molar-refractivity contribution is 5.75. The summed E-state index contributed by atoms with van der Waals surface area (Å²) in [6, 6.07) is 7.85. The maximum absolute atomic E-state index is 12.9. The van der Waals surface area contributed by atoms with E-state index in [0.29, 0.717) is 13.1 Å². The first kappa shape index (κ1) is 15.5. The lowest BCUT2D eigenvalue weighted by atomic mass is 10.1. The molecule has 23 heavy (non-hydrogen) atoms. The summed E-state index contributed by atoms with van der Waals surface area (Å²) in [7, 11) is 0. The summed E-state index contributed by atoms with van der Waals surface area (Å²) in [4.78, 5) is 14.2. The highest BCUT2D eigenvalue weighted by atomic mass is 19.1. The van der Waals surface area contributed by atoms with Crippen molar-refractivity contribution in [2.45, 2.75) is 38.8 Å². The summed E-state index contributed by atoms with van der Waals surface area (Å²) in [5.74, 6) is 0.466. The van der Waals surface area contributed by atoms with Gasteiger partial charge in [0.05, 0.1) is 11.7 Å². The second-order valence-electron chi connectivity index (χ2n) is 5.71. The number of carbonyl (C=O) groups excluding carboxylic acids is 1. The number of benzene rings is 1. The minimum absolute atomic E-state index is 0.0592. The number of carbonyl (C=O) groups is 1. The fraction of sp³-hybridized carbons (Fsp3) is 0.412. The lowest BCUT2D eigenvalue weighted by molar-refractivity contribution is 0.182. The number of nitrogens with zero attached hydrogens (tertiary/aromatic N) is 2. The molecule has 2 aromatic rings. The molecule has 1 aromatic heterocycles. The third-order valence-electron chi connectivity index (χ3n) is 4.14. The monoisotopic (exact) mass is 317 g/mol. The maximum Gasteiger partial charge on any atom is 0.318 e. The van der Waals surface area contributed by atoms with Gasteiger partial charge in [-0.25, -0.2) is 9.18 Å². The van der Waals surface area contributed by atoms with Gasteiger partial charge in [0, 0.05) is 19.2 Å². The van der Waals surface area contributed by atoms with E-state index < -0.39 is 0 Å². The van der Waals surface area contributed by atoms with Crippen molar-refractivity contribution < 1.29 is 13.7 Å². The molecule has 0 radical (unpaired) electrons. The average Bonchev–Trinajstić information content (AvgIpc) is 3.22. The van der Waals surface area contributed by atoms with Crippen LogP contribution in [0.15, 0.2) is 34.9 Å². The molecule has 1 aromatic carbocycles. The van der Waals surface area contributed by atoms with Gasteiger partial charge in [-0.1, -0.05) is 24.2 Å². The van der Waals surface area contributed by atoms with Crippen LogP contribution in [0, 0.1) is 5.82 Å². The van der Waals surface area contributed by atoms with Crippen molar-refractivity contribution in [3.05, 3.63) is 53.2 Å². The topological polar surface area (TPSA) is 58.4 Å². The predicted octanol–water partition coefficient (Wildman–Crippen LogP) is 3.42. The standard InChI is InChI=1S/C17H20FN3O2/c1-2-14-10-16(23-20-14)15-4-3-9-21(15)17(22)19-11-12-5-7-13(18)8-6-12/h5-8,10,15H,2-4,9,11H2,1H3,(H,19,22)/t15-/m1/s1. The van der Waals surface area contributed by atoms with Crippen molar-refractivity contribution in [1.29, 1.82) is 0 Å². The smallest absolute Gasteiger partial charge is 0.318 e. The molecule has 0 spiro atoms. The maximum atomic E-state index is 12.9. The van der Waals surface area contributed by atoms with Crippen molar-refractivity contribution in [2.24, 2.45) is 0 Å². The minimum atomic E-state index is -0.281. The Labute approximate surface area is 134 Å². The molecule has 1 atom stereocenters. The molecule has 1 fully saturated rings. The van der Waals surface area contributed by atoms with Crippen LogP contribution < -0.4 is 5.32 Å². The molecule has 2 heterocycles. The van der Waals surface area contributed by atoms with Crippen LogP contribution in [0.1, 0.15) is 42.8 Å². The van der Waals surface area contributed by atoms with Gasteiger partial charge in [-0.15, -0.1) is 0 Å². The van der Waals surface area contributed by atoms with Crippen LogP contribution in [0.25, 0.3) is 0 Å². The van der Waals surface area contributed by atoms with Gasteiger partial charge in [0.15, 0.2) is 5.76 Å². The van der Waals surface area contributed by atoms with Crippen molar-refractivity contribution >= 4 is 6.03 Å². The zero-order valence-corrected chi connectivity index (χ0v) is 13.1. The molecule has 0 bridgehead atoms. The summed E-state index contributed by atoms with van der Waals surface area (Å²) in [6.07, 6.45) is 2.63. The number of nitrogens with one attached hydrogen (secondary N) is 1. The average molecular weight is 317 g/mol. The first-order valence-electron chi connectivity index (χ1n) is 7.91. The van der Waals surface area contributed by atoms with E-state index in [2.05, 4.69) is 10.5 Å². The van der Waals surface area contributed by atoms with E-state index in [9.17, 15) is 9.18 Å². The fourth-order valence-corrected chi connectivity index (χ4v) is 2.84. The number of likely N-dealkylation sites (tertiary alicyclic amines) is 1. The molecule has 0 unspecified atom stereocenters. The first-order chi connectivity index (χ1) is 11.2. The lowest BCUT2D eigenvalue weighted by Crippen LogP contribution is -2.39. The normalized spacial score (nSPS) is 17.5. The van der Waals surface area contributed by atoms with Gasteiger partial charge in [0.1, 0.15) is 5.82 Å². The Kier molecular flexibility index (Phi) is 4.60. The summed E-state index contributed by atoms with van der Waals surface area (Å²) >= 11 is 0. The Hall–Kier alpha value is -2.37. The number of hydrogen-bond acceptors (Lipinski definition) is 3. The van der Waals surface area contributed by atoms with Crippen molar-refractivity contribution in [2.75, 3.05) is 6.54 Å². The predicted molar refractivity (Wildman–Crippen MR) is 83.2 cm³/mol. The molecule has 6 heteroatoms. The molecular formula is C17H20FN3O2. The third kappa shape index (κ3) is 3.52. The fourth-order valence-electron chi connectivity index (χ4n) is 2.84. The second kappa shape index (κ2) is 6.81. The molecule has 1 N–H and O–H groups in total. The van der Waals surface area contributed by atoms with E-state index in [1.807, 2.05) is 13.0 Å². The molecule has 1 aliphatic heterocycles. The zero-order chi connectivity index (χ0) is 16.2. The van der Waals surface area contributed by atoms with Gasteiger partial charge in [-0.3, -0.25) is 0 Å². The summed E-state index contributed by atoms with van der Waals surface area (Å²) in [5, 5.41) is 6.89. The zero-order valence-electron chi connectivity index (χ0n) is 13.1. The van der Waals surface area contributed by atoms with E-state index in [-0.39, 0.29) is 17.9 Å². The summed E-state index contributed by atoms with van der Waals surface area (Å²) < 4.78 is 18.3. The van der Waals surface area contributed by atoms with E-state index in [4.69, 9.17) is 4.52 Å². The van der Waals surface area contributed by atoms with Crippen molar-refractivity contribution in [3.8, 4) is 0 Å². The molecule has 1 aliphatic rings. The number of rotatable bonds is 4. The Morgan fingerprint density at radius 2 is 2.22 bits per heavy atom. The van der Waals surface area contributed by atoms with E-state index in [1.165, 1.54) is 12.1 Å². The summed E-state index contributed by atoms with van der Waals surface area (Å²) in [5.41, 5.74) is 1.77. The number of halogens is 1. The second-order valence-corrected chi connectivity index (χ2v) is 5.71. The van der Waals surface area contributed by atoms with Crippen molar-refractivity contribution in [1.82, 2.24) is 15.4 Å². The number of aromatic nitrogens is 1. The highest BCUT2D eigenvalue weighted by Crippen LogP contribution is 2.32. The van der Waals surface area contributed by atoms with Gasteiger partial charge in [-0.2, -0.15) is 0 Å². The van der Waals surface area contributed by atoms with Crippen LogP contribution >= 0.6 is 0 Å². The molecule has 0 saturated carbocycles. The van der Waals surface area contributed by atoms with Gasteiger partial charge in [0.25, 0.3) is 0 Å². The molecule has 5 nitrogen and oxygen atoms in total. The Morgan fingerprint density at radius 1 is 1.43 bits per heavy atom. The van der Waals surface area contributed by atoms with Gasteiger partial charge < -0.3 is 14.7 Å². The van der Waals surface area contributed by atoms with Crippen LogP contribution in [0.3, 0.4) is 0 Å². The van der Waals surface area contributed by atoms with Crippen LogP contribution in [-0.4, -0.2) is 22.6 Å². The Balaban J connectivity index is 1.62. The SMILES string of the molecule is CCc1cc([C@H]2CCCN2C(=O)NCc2ccc(F)cc2)on1. The van der Waals surface area contributed by atoms with Gasteiger partial charge in [0.2, 0.25) is 0 Å². The largest absolute Gasteiger partial charge is 0.359 e. The minimum Gasteiger partial charge on any atom is -0.359 e. The van der Waals surface area contributed by atoms with Crippen LogP contribution in [0.5, 0.6) is 0 Å².